The second-order valence-corrected chi connectivity index (χ2v) is 3.92. The first-order chi connectivity index (χ1) is 8.38. The lowest BCUT2D eigenvalue weighted by Gasteiger charge is -2.13. The molecule has 0 bridgehead atoms. The Kier molecular flexibility index (Phi) is 4.38. The van der Waals surface area contributed by atoms with Crippen LogP contribution in [0, 0.1) is 13.8 Å². The minimum absolute atomic E-state index is 0.349. The van der Waals surface area contributed by atoms with Gasteiger partial charge in [0.15, 0.2) is 0 Å². The molecule has 5 heteroatoms. The van der Waals surface area contributed by atoms with E-state index in [2.05, 4.69) is 10.2 Å². The Labute approximate surface area is 104 Å². The fourth-order valence-electron chi connectivity index (χ4n) is 1.94. The van der Waals surface area contributed by atoms with Crippen molar-refractivity contribution in [3.8, 4) is 0 Å². The van der Waals surface area contributed by atoms with Crippen molar-refractivity contribution in [1.82, 2.24) is 10.2 Å². The zero-order valence-corrected chi connectivity index (χ0v) is 10.9. The monoisotopic (exact) mass is 258 g/mol. The maximum Gasteiger partial charge on any atom is 0.393 e. The van der Waals surface area contributed by atoms with Crippen LogP contribution >= 0.6 is 0 Å². The molecule has 0 aliphatic heterocycles. The highest BCUT2D eigenvalue weighted by Gasteiger charge is 2.29. The maximum absolute atomic E-state index is 12.4. The number of aromatic nitrogens is 2. The summed E-state index contributed by atoms with van der Waals surface area (Å²) in [6.45, 7) is 7.39. The Morgan fingerprint density at radius 1 is 1.22 bits per heavy atom. The van der Waals surface area contributed by atoms with Gasteiger partial charge in [0.25, 0.3) is 0 Å². The molecular formula is C13H17F3N2. The quantitative estimate of drug-likeness (QED) is 0.811. The largest absolute Gasteiger partial charge is 0.393 e. The van der Waals surface area contributed by atoms with Crippen LogP contribution < -0.4 is 0 Å². The first-order valence-electron chi connectivity index (χ1n) is 5.87. The maximum atomic E-state index is 12.4. The SMILES string of the molecule is CC.Cc1cc2[nH]ncc2c(C)c1CC(F)(F)F. The van der Waals surface area contributed by atoms with Crippen molar-refractivity contribution in [1.29, 1.82) is 0 Å². The van der Waals surface area contributed by atoms with Crippen LogP contribution in [0.3, 0.4) is 0 Å². The van der Waals surface area contributed by atoms with E-state index in [1.165, 1.54) is 0 Å². The second-order valence-electron chi connectivity index (χ2n) is 3.92. The minimum Gasteiger partial charge on any atom is -0.278 e. The van der Waals surface area contributed by atoms with E-state index in [4.69, 9.17) is 0 Å². The number of nitrogens with one attached hydrogen (secondary N) is 1. The topological polar surface area (TPSA) is 28.7 Å². The lowest BCUT2D eigenvalue weighted by molar-refractivity contribution is -0.127. The summed E-state index contributed by atoms with van der Waals surface area (Å²) in [4.78, 5) is 0. The normalized spacial score (nSPS) is 11.3. The van der Waals surface area contributed by atoms with Crippen LogP contribution in [-0.2, 0) is 6.42 Å². The molecule has 2 aromatic rings. The van der Waals surface area contributed by atoms with E-state index in [1.807, 2.05) is 13.8 Å². The van der Waals surface area contributed by atoms with E-state index in [0.717, 1.165) is 10.9 Å². The van der Waals surface area contributed by atoms with Crippen molar-refractivity contribution in [2.45, 2.75) is 40.3 Å². The number of hydrogen-bond acceptors (Lipinski definition) is 1. The van der Waals surface area contributed by atoms with Gasteiger partial charge in [-0.3, -0.25) is 5.10 Å². The highest BCUT2D eigenvalue weighted by Crippen LogP contribution is 2.29. The number of halogens is 3. The Morgan fingerprint density at radius 2 is 1.83 bits per heavy atom. The number of alkyl halides is 3. The van der Waals surface area contributed by atoms with Crippen molar-refractivity contribution in [2.75, 3.05) is 0 Å². The number of fused-ring (bicyclic) bond motifs is 1. The summed E-state index contributed by atoms with van der Waals surface area (Å²) in [5.74, 6) is 0. The smallest absolute Gasteiger partial charge is 0.278 e. The Bertz CT molecular complexity index is 527. The standard InChI is InChI=1S/C11H11F3N2.C2H6/c1-6-3-10-9(5-15-16-10)7(2)8(6)4-11(12,13)14;1-2/h3,5H,4H2,1-2H3,(H,15,16);1-2H3. The number of rotatable bonds is 1. The van der Waals surface area contributed by atoms with Gasteiger partial charge >= 0.3 is 6.18 Å². The second kappa shape index (κ2) is 5.42. The van der Waals surface area contributed by atoms with Gasteiger partial charge in [-0.2, -0.15) is 18.3 Å². The van der Waals surface area contributed by atoms with Crippen LogP contribution in [0.2, 0.25) is 0 Å². The molecule has 0 aliphatic rings. The van der Waals surface area contributed by atoms with Gasteiger partial charge in [-0.05, 0) is 36.6 Å². The highest BCUT2D eigenvalue weighted by molar-refractivity contribution is 5.83. The van der Waals surface area contributed by atoms with E-state index in [9.17, 15) is 13.2 Å². The Hall–Kier alpha value is -1.52. The zero-order valence-electron chi connectivity index (χ0n) is 10.9. The van der Waals surface area contributed by atoms with Crippen molar-refractivity contribution in [2.24, 2.45) is 0 Å². The molecule has 0 saturated heterocycles. The molecule has 18 heavy (non-hydrogen) atoms. The van der Waals surface area contributed by atoms with Gasteiger partial charge in [-0.25, -0.2) is 0 Å². The average Bonchev–Trinajstić information content (AvgIpc) is 2.74. The number of hydrogen-bond donors (Lipinski definition) is 1. The summed E-state index contributed by atoms with van der Waals surface area (Å²) < 4.78 is 37.2. The molecule has 0 saturated carbocycles. The van der Waals surface area contributed by atoms with Crippen molar-refractivity contribution >= 4 is 10.9 Å². The predicted molar refractivity (Wildman–Crippen MR) is 66.7 cm³/mol. The summed E-state index contributed by atoms with van der Waals surface area (Å²) >= 11 is 0. The third-order valence-corrected chi connectivity index (χ3v) is 2.74. The van der Waals surface area contributed by atoms with Gasteiger partial charge in [-0.15, -0.1) is 0 Å². The molecule has 0 radical (unpaired) electrons. The molecule has 1 aromatic carbocycles. The lowest BCUT2D eigenvalue weighted by Crippen LogP contribution is -2.13. The highest BCUT2D eigenvalue weighted by atomic mass is 19.4. The molecule has 0 fully saturated rings. The molecule has 0 unspecified atom stereocenters. The third kappa shape index (κ3) is 3.03. The van der Waals surface area contributed by atoms with Gasteiger partial charge in [0, 0.05) is 5.39 Å². The van der Waals surface area contributed by atoms with E-state index in [1.54, 1.807) is 26.1 Å². The summed E-state index contributed by atoms with van der Waals surface area (Å²) in [6, 6.07) is 1.70. The van der Waals surface area contributed by atoms with Gasteiger partial charge in [0.1, 0.15) is 0 Å². The minimum atomic E-state index is -4.17. The fraction of sp³-hybridized carbons (Fsp3) is 0.462. The molecule has 0 atom stereocenters. The van der Waals surface area contributed by atoms with E-state index >= 15 is 0 Å². The lowest BCUT2D eigenvalue weighted by atomic mass is 9.97. The van der Waals surface area contributed by atoms with Crippen LogP contribution in [0.25, 0.3) is 10.9 Å². The first kappa shape index (κ1) is 14.5. The van der Waals surface area contributed by atoms with E-state index in [-0.39, 0.29) is 0 Å². The molecule has 1 heterocycles. The van der Waals surface area contributed by atoms with Crippen molar-refractivity contribution < 1.29 is 13.2 Å². The summed E-state index contributed by atoms with van der Waals surface area (Å²) in [5.41, 5.74) is 2.43. The predicted octanol–water partition coefficient (Wildman–Crippen LogP) is 4.31. The van der Waals surface area contributed by atoms with Crippen LogP contribution in [-0.4, -0.2) is 16.4 Å². The summed E-state index contributed by atoms with van der Waals surface area (Å²) in [7, 11) is 0. The van der Waals surface area contributed by atoms with Crippen molar-refractivity contribution in [3.05, 3.63) is 29.0 Å². The summed E-state index contributed by atoms with van der Waals surface area (Å²) in [6.07, 6.45) is -3.50. The van der Waals surface area contributed by atoms with Crippen LogP contribution in [0.15, 0.2) is 12.3 Å². The molecule has 0 aliphatic carbocycles. The molecule has 1 N–H and O–H groups in total. The van der Waals surface area contributed by atoms with Gasteiger partial charge in [0.05, 0.1) is 18.1 Å². The first-order valence-corrected chi connectivity index (χ1v) is 5.87. The van der Waals surface area contributed by atoms with Gasteiger partial charge in [-0.1, -0.05) is 13.8 Å². The fourth-order valence-corrected chi connectivity index (χ4v) is 1.94. The molecular weight excluding hydrogens is 241 g/mol. The molecule has 0 amide bonds. The number of aromatic amines is 1. The van der Waals surface area contributed by atoms with E-state index in [0.29, 0.717) is 16.7 Å². The molecule has 1 aromatic heterocycles. The third-order valence-electron chi connectivity index (χ3n) is 2.74. The summed E-state index contributed by atoms with van der Waals surface area (Å²) in [5, 5.41) is 7.35. The Morgan fingerprint density at radius 3 is 2.39 bits per heavy atom. The molecule has 2 nitrogen and oxygen atoms in total. The number of H-pyrrole nitrogens is 1. The van der Waals surface area contributed by atoms with Crippen LogP contribution in [0.4, 0.5) is 13.2 Å². The molecule has 100 valence electrons. The number of nitrogens with zero attached hydrogens (tertiary/aromatic N) is 1. The van der Waals surface area contributed by atoms with Gasteiger partial charge in [0.2, 0.25) is 0 Å². The zero-order chi connectivity index (χ0) is 13.9. The number of benzene rings is 1. The van der Waals surface area contributed by atoms with Gasteiger partial charge < -0.3 is 0 Å². The van der Waals surface area contributed by atoms with E-state index < -0.39 is 12.6 Å². The van der Waals surface area contributed by atoms with Crippen LogP contribution in [0.5, 0.6) is 0 Å². The van der Waals surface area contributed by atoms with Crippen molar-refractivity contribution in [3.63, 3.8) is 0 Å². The van der Waals surface area contributed by atoms with Crippen LogP contribution in [0.1, 0.15) is 30.5 Å². The molecule has 2 rings (SSSR count). The number of aryl methyl sites for hydroxylation is 2. The molecule has 0 spiro atoms. The Balaban J connectivity index is 0.000000771. The average molecular weight is 258 g/mol.